The minimum atomic E-state index is -0.207. The summed E-state index contributed by atoms with van der Waals surface area (Å²) in [6.45, 7) is 0. The van der Waals surface area contributed by atoms with Crippen LogP contribution in [0.3, 0.4) is 0 Å². The maximum absolute atomic E-state index is 9.91. The summed E-state index contributed by atoms with van der Waals surface area (Å²) < 4.78 is 0. The fourth-order valence-electron chi connectivity index (χ4n) is 5.05. The van der Waals surface area contributed by atoms with Gasteiger partial charge in [0, 0.05) is 35.9 Å². The van der Waals surface area contributed by atoms with E-state index in [1.54, 1.807) is 6.20 Å². The van der Waals surface area contributed by atoms with Crippen molar-refractivity contribution in [3.05, 3.63) is 90.0 Å². The highest BCUT2D eigenvalue weighted by Crippen LogP contribution is 2.33. The number of aliphatic hydroxyl groups is 1. The molecule has 0 spiro atoms. The number of nitrogens with one attached hydrogen (secondary N) is 2. The van der Waals surface area contributed by atoms with Crippen molar-refractivity contribution in [1.29, 1.82) is 0 Å². The number of anilines is 3. The van der Waals surface area contributed by atoms with Gasteiger partial charge >= 0.3 is 0 Å². The first-order valence-electron chi connectivity index (χ1n) is 14.2. The molecule has 2 saturated carbocycles. The van der Waals surface area contributed by atoms with E-state index in [-0.39, 0.29) is 12.1 Å². The Morgan fingerprint density at radius 1 is 0.850 bits per heavy atom. The van der Waals surface area contributed by atoms with Gasteiger partial charge in [-0.05, 0) is 104 Å². The Bertz CT molecular complexity index is 1480. The third-order valence-electron chi connectivity index (χ3n) is 7.61. The van der Waals surface area contributed by atoms with Crippen LogP contribution < -0.4 is 10.6 Å². The quantitative estimate of drug-likeness (QED) is 0.236. The van der Waals surface area contributed by atoms with Gasteiger partial charge in [-0.3, -0.25) is 4.98 Å². The molecule has 7 heteroatoms. The van der Waals surface area contributed by atoms with Gasteiger partial charge in [0.15, 0.2) is 0 Å². The lowest BCUT2D eigenvalue weighted by Crippen LogP contribution is -2.29. The Kier molecular flexibility index (Phi) is 7.97. The van der Waals surface area contributed by atoms with Gasteiger partial charge in [0.1, 0.15) is 11.5 Å². The zero-order chi connectivity index (χ0) is 27.1. The van der Waals surface area contributed by atoms with Gasteiger partial charge in [0.25, 0.3) is 0 Å². The molecule has 40 heavy (non-hydrogen) atoms. The first-order valence-corrected chi connectivity index (χ1v) is 14.2. The molecule has 0 amide bonds. The molecule has 7 nitrogen and oxygen atoms in total. The number of hydrogen-bond donors (Lipinski definition) is 3. The third kappa shape index (κ3) is 7.02. The maximum atomic E-state index is 9.91. The molecule has 3 aromatic heterocycles. The van der Waals surface area contributed by atoms with E-state index in [2.05, 4.69) is 49.6 Å². The van der Waals surface area contributed by atoms with Crippen molar-refractivity contribution < 1.29 is 5.11 Å². The first kappa shape index (κ1) is 26.0. The molecule has 202 valence electrons. The highest BCUT2D eigenvalue weighted by atomic mass is 16.3. The Morgan fingerprint density at radius 3 is 2.48 bits per heavy atom. The Labute approximate surface area is 235 Å². The van der Waals surface area contributed by atoms with Crippen molar-refractivity contribution in [2.24, 2.45) is 5.92 Å². The van der Waals surface area contributed by atoms with Gasteiger partial charge in [0.2, 0.25) is 5.95 Å². The van der Waals surface area contributed by atoms with E-state index in [1.807, 2.05) is 54.9 Å². The second-order valence-electron chi connectivity index (χ2n) is 10.8. The molecular weight excluding hydrogens is 496 g/mol. The molecule has 3 heterocycles. The van der Waals surface area contributed by atoms with Crippen LogP contribution in [0.4, 0.5) is 17.5 Å². The van der Waals surface area contributed by atoms with Crippen LogP contribution in [-0.4, -0.2) is 37.2 Å². The number of rotatable bonds is 8. The Morgan fingerprint density at radius 2 is 1.70 bits per heavy atom. The van der Waals surface area contributed by atoms with E-state index < -0.39 is 0 Å². The van der Waals surface area contributed by atoms with Crippen molar-refractivity contribution in [3.63, 3.8) is 0 Å². The number of pyridine rings is 2. The number of aryl methyl sites for hydroxylation is 1. The molecule has 1 aromatic carbocycles. The van der Waals surface area contributed by atoms with Gasteiger partial charge in [0.05, 0.1) is 17.4 Å². The lowest BCUT2D eigenvalue weighted by molar-refractivity contribution is 0.126. The summed E-state index contributed by atoms with van der Waals surface area (Å²) in [5, 5.41) is 16.8. The molecule has 0 saturated heterocycles. The van der Waals surface area contributed by atoms with Crippen LogP contribution in [0.15, 0.2) is 73.2 Å². The number of aliphatic hydroxyl groups excluding tert-OH is 1. The van der Waals surface area contributed by atoms with E-state index in [9.17, 15) is 5.11 Å². The molecule has 6 rings (SSSR count). The number of hydrogen-bond acceptors (Lipinski definition) is 7. The van der Waals surface area contributed by atoms with E-state index in [0.29, 0.717) is 5.95 Å². The summed E-state index contributed by atoms with van der Waals surface area (Å²) in [6.07, 6.45) is 13.8. The van der Waals surface area contributed by atoms with Crippen LogP contribution >= 0.6 is 0 Å². The van der Waals surface area contributed by atoms with Gasteiger partial charge in [-0.15, -0.1) is 0 Å². The van der Waals surface area contributed by atoms with Crippen LogP contribution in [0, 0.1) is 17.8 Å². The molecule has 0 aliphatic heterocycles. The van der Waals surface area contributed by atoms with Gasteiger partial charge < -0.3 is 15.7 Å². The monoisotopic (exact) mass is 530 g/mol. The predicted octanol–water partition coefficient (Wildman–Crippen LogP) is 6.14. The van der Waals surface area contributed by atoms with E-state index in [0.717, 1.165) is 72.0 Å². The maximum Gasteiger partial charge on any atom is 0.229 e. The topological polar surface area (TPSA) is 95.8 Å². The summed E-state index contributed by atoms with van der Waals surface area (Å²) in [5.74, 6) is 8.61. The van der Waals surface area contributed by atoms with Crippen LogP contribution in [0.25, 0.3) is 11.3 Å². The van der Waals surface area contributed by atoms with Gasteiger partial charge in [-0.2, -0.15) is 4.98 Å². The molecule has 0 atom stereocenters. The van der Waals surface area contributed by atoms with Crippen molar-refractivity contribution in [1.82, 2.24) is 19.9 Å². The summed E-state index contributed by atoms with van der Waals surface area (Å²) in [6, 6.07) is 18.2. The van der Waals surface area contributed by atoms with Gasteiger partial charge in [-0.1, -0.05) is 24.8 Å². The molecule has 4 aromatic rings. The number of nitrogens with zero attached hydrogens (tertiary/aromatic N) is 4. The minimum Gasteiger partial charge on any atom is -0.393 e. The first-order chi connectivity index (χ1) is 19.7. The second-order valence-corrected chi connectivity index (χ2v) is 10.8. The fourth-order valence-corrected chi connectivity index (χ4v) is 5.05. The molecule has 2 aliphatic carbocycles. The van der Waals surface area contributed by atoms with Crippen LogP contribution in [0.5, 0.6) is 0 Å². The Hall–Kier alpha value is -4.28. The van der Waals surface area contributed by atoms with Crippen LogP contribution in [0.1, 0.15) is 61.8 Å². The Balaban J connectivity index is 1.14. The zero-order valence-corrected chi connectivity index (χ0v) is 22.6. The molecule has 0 radical (unpaired) electrons. The van der Waals surface area contributed by atoms with Crippen molar-refractivity contribution in [2.45, 2.75) is 63.5 Å². The summed E-state index contributed by atoms with van der Waals surface area (Å²) in [5.41, 5.74) is 5.59. The number of benzene rings is 1. The highest BCUT2D eigenvalue weighted by molar-refractivity contribution is 5.73. The van der Waals surface area contributed by atoms with Crippen LogP contribution in [0.2, 0.25) is 0 Å². The van der Waals surface area contributed by atoms with Crippen LogP contribution in [-0.2, 0) is 6.42 Å². The number of aromatic nitrogens is 4. The average molecular weight is 531 g/mol. The van der Waals surface area contributed by atoms with E-state index in [1.165, 1.54) is 24.8 Å². The zero-order valence-electron chi connectivity index (χ0n) is 22.6. The molecule has 0 bridgehead atoms. The molecule has 0 unspecified atom stereocenters. The molecule has 3 N–H and O–H groups in total. The second kappa shape index (κ2) is 12.3. The van der Waals surface area contributed by atoms with E-state index in [4.69, 9.17) is 4.98 Å². The normalized spacial score (nSPS) is 18.4. The fraction of sp³-hybridized carbons (Fsp3) is 0.333. The smallest absolute Gasteiger partial charge is 0.229 e. The minimum absolute atomic E-state index is 0.207. The molecular formula is C33H34N6O. The standard InChI is InChI=1S/C33H34N6O/c40-29-16-14-26(15-17-29)37-32-30(31-3-1-2-19-35-31)22-36-33(39-32)38-27-11-8-24(9-12-27)10-13-28-21-25(18-20-34-28)7-6-23-4-5-23/h1-3,8-9,11-12,18-23,26,29,40H,4-7,14-17H2,(H2,36,37,38,39). The predicted molar refractivity (Wildman–Crippen MR) is 158 cm³/mol. The van der Waals surface area contributed by atoms with Crippen molar-refractivity contribution in [3.8, 4) is 23.1 Å². The average Bonchev–Trinajstić information content (AvgIpc) is 3.83. The lowest BCUT2D eigenvalue weighted by atomic mass is 9.93. The van der Waals surface area contributed by atoms with Crippen molar-refractivity contribution >= 4 is 17.5 Å². The summed E-state index contributed by atoms with van der Waals surface area (Å²) in [7, 11) is 0. The van der Waals surface area contributed by atoms with Gasteiger partial charge in [-0.25, -0.2) is 9.97 Å². The lowest BCUT2D eigenvalue weighted by Gasteiger charge is -2.27. The largest absolute Gasteiger partial charge is 0.393 e. The van der Waals surface area contributed by atoms with E-state index >= 15 is 0 Å². The SMILES string of the molecule is OC1CCC(Nc2nc(Nc3ccc(C#Cc4cc(CCC5CC5)ccn4)cc3)ncc2-c2ccccn2)CC1. The third-order valence-corrected chi connectivity index (χ3v) is 7.61. The van der Waals surface area contributed by atoms with Crippen molar-refractivity contribution in [2.75, 3.05) is 10.6 Å². The molecule has 2 aliphatic rings. The summed E-state index contributed by atoms with van der Waals surface area (Å²) >= 11 is 0. The highest BCUT2D eigenvalue weighted by Gasteiger charge is 2.22. The summed E-state index contributed by atoms with van der Waals surface area (Å²) in [4.78, 5) is 18.3. The molecule has 2 fully saturated rings.